The fraction of sp³-hybridized carbons (Fsp3) is 0.0714. The molecule has 102 valence electrons. The summed E-state index contributed by atoms with van der Waals surface area (Å²) in [6, 6.07) is 11.1. The Bertz CT molecular complexity index is 686. The van der Waals surface area contributed by atoms with Crippen LogP contribution in [-0.4, -0.2) is 10.8 Å². The van der Waals surface area contributed by atoms with E-state index < -0.39 is 10.8 Å². The normalized spacial score (nSPS) is 10.1. The predicted molar refractivity (Wildman–Crippen MR) is 77.2 cm³/mol. The molecule has 0 aliphatic carbocycles. The number of carbonyl (C=O) groups excluding carboxylic acids is 1. The number of rotatable bonds is 3. The zero-order valence-electron chi connectivity index (χ0n) is 10.6. The van der Waals surface area contributed by atoms with Crippen LogP contribution in [0, 0.1) is 17.0 Å². The van der Waals surface area contributed by atoms with Gasteiger partial charge in [0.25, 0.3) is 11.6 Å². The van der Waals surface area contributed by atoms with Crippen molar-refractivity contribution in [1.82, 2.24) is 0 Å². The van der Waals surface area contributed by atoms with Crippen LogP contribution in [0.2, 0.25) is 5.02 Å². The molecule has 2 rings (SSSR count). The molecule has 2 aromatic carbocycles. The number of nitrogens with one attached hydrogen (secondary N) is 1. The summed E-state index contributed by atoms with van der Waals surface area (Å²) >= 11 is 5.71. The van der Waals surface area contributed by atoms with E-state index in [1.165, 1.54) is 12.1 Å². The van der Waals surface area contributed by atoms with Crippen LogP contribution >= 0.6 is 11.6 Å². The van der Waals surface area contributed by atoms with Crippen LogP contribution in [0.4, 0.5) is 11.4 Å². The van der Waals surface area contributed by atoms with Crippen molar-refractivity contribution in [3.8, 4) is 0 Å². The first-order valence-corrected chi connectivity index (χ1v) is 6.17. The molecule has 1 amide bonds. The van der Waals surface area contributed by atoms with Gasteiger partial charge in [-0.15, -0.1) is 0 Å². The minimum atomic E-state index is -0.628. The molecule has 1 N–H and O–H groups in total. The third-order valence-electron chi connectivity index (χ3n) is 2.68. The first-order chi connectivity index (χ1) is 9.47. The number of anilines is 1. The van der Waals surface area contributed by atoms with Crippen LogP contribution in [0.5, 0.6) is 0 Å². The Hall–Kier alpha value is -2.40. The van der Waals surface area contributed by atoms with Gasteiger partial charge in [-0.3, -0.25) is 14.9 Å². The fourth-order valence-corrected chi connectivity index (χ4v) is 1.94. The molecule has 0 unspecified atom stereocenters. The van der Waals surface area contributed by atoms with Crippen LogP contribution in [-0.2, 0) is 0 Å². The molecule has 2 aromatic rings. The second-order valence-electron chi connectivity index (χ2n) is 4.24. The molecule has 6 heteroatoms. The molecule has 0 saturated carbocycles. The number of hydrogen-bond donors (Lipinski definition) is 1. The van der Waals surface area contributed by atoms with E-state index in [0.29, 0.717) is 5.69 Å². The molecular weight excluding hydrogens is 280 g/mol. The van der Waals surface area contributed by atoms with Gasteiger partial charge in [0.05, 0.1) is 4.92 Å². The van der Waals surface area contributed by atoms with Gasteiger partial charge in [0.15, 0.2) is 0 Å². The van der Waals surface area contributed by atoms with Gasteiger partial charge in [-0.1, -0.05) is 23.7 Å². The van der Waals surface area contributed by atoms with Gasteiger partial charge in [-0.05, 0) is 36.8 Å². The highest BCUT2D eigenvalue weighted by Crippen LogP contribution is 2.24. The maximum Gasteiger partial charge on any atom is 0.283 e. The van der Waals surface area contributed by atoms with E-state index in [0.717, 1.165) is 11.6 Å². The summed E-state index contributed by atoms with van der Waals surface area (Å²) in [4.78, 5) is 22.4. The van der Waals surface area contributed by atoms with Gasteiger partial charge in [0, 0.05) is 16.8 Å². The number of nitro groups is 1. The van der Waals surface area contributed by atoms with Crippen molar-refractivity contribution in [3.05, 3.63) is 68.7 Å². The van der Waals surface area contributed by atoms with Crippen molar-refractivity contribution >= 4 is 28.9 Å². The highest BCUT2D eigenvalue weighted by atomic mass is 35.5. The summed E-state index contributed by atoms with van der Waals surface area (Å²) in [6.07, 6.45) is 0. The Balaban J connectivity index is 2.32. The summed E-state index contributed by atoms with van der Waals surface area (Å²) in [5, 5.41) is 13.8. The number of amides is 1. The van der Waals surface area contributed by atoms with Crippen LogP contribution in [0.1, 0.15) is 15.9 Å². The fourth-order valence-electron chi connectivity index (χ4n) is 1.77. The first-order valence-electron chi connectivity index (χ1n) is 5.79. The van der Waals surface area contributed by atoms with Crippen LogP contribution < -0.4 is 5.32 Å². The monoisotopic (exact) mass is 290 g/mol. The zero-order chi connectivity index (χ0) is 14.7. The molecule has 0 aromatic heterocycles. The standard InChI is InChI=1S/C14H11ClN2O3/c1-9-3-2-4-11(7-9)16-14(18)12-6-5-10(15)8-13(12)17(19)20/h2-8H,1H3,(H,16,18). The molecule has 0 aliphatic heterocycles. The molecule has 0 radical (unpaired) electrons. The summed E-state index contributed by atoms with van der Waals surface area (Å²) < 4.78 is 0. The number of nitrogens with zero attached hydrogens (tertiary/aromatic N) is 1. The van der Waals surface area contributed by atoms with Crippen LogP contribution in [0.25, 0.3) is 0 Å². The Kier molecular flexibility index (Phi) is 4.00. The molecular formula is C14H11ClN2O3. The van der Waals surface area contributed by atoms with Gasteiger partial charge < -0.3 is 5.32 Å². The van der Waals surface area contributed by atoms with Crippen molar-refractivity contribution in [3.63, 3.8) is 0 Å². The summed E-state index contributed by atoms with van der Waals surface area (Å²) in [5.74, 6) is -0.543. The molecule has 20 heavy (non-hydrogen) atoms. The number of benzene rings is 2. The molecule has 0 atom stereocenters. The van der Waals surface area contributed by atoms with E-state index in [9.17, 15) is 14.9 Å². The van der Waals surface area contributed by atoms with Crippen molar-refractivity contribution in [2.75, 3.05) is 5.32 Å². The van der Waals surface area contributed by atoms with E-state index in [1.807, 2.05) is 13.0 Å². The molecule has 5 nitrogen and oxygen atoms in total. The lowest BCUT2D eigenvalue weighted by Crippen LogP contribution is -2.14. The van der Waals surface area contributed by atoms with E-state index in [-0.39, 0.29) is 16.3 Å². The smallest absolute Gasteiger partial charge is 0.283 e. The lowest BCUT2D eigenvalue weighted by Gasteiger charge is -2.06. The van der Waals surface area contributed by atoms with Crippen LogP contribution in [0.3, 0.4) is 0 Å². The largest absolute Gasteiger partial charge is 0.322 e. The summed E-state index contributed by atoms with van der Waals surface area (Å²) in [6.45, 7) is 1.89. The third kappa shape index (κ3) is 3.13. The molecule has 0 heterocycles. The van der Waals surface area contributed by atoms with Gasteiger partial charge >= 0.3 is 0 Å². The number of nitro benzene ring substituents is 1. The van der Waals surface area contributed by atoms with E-state index in [1.54, 1.807) is 18.2 Å². The second kappa shape index (κ2) is 5.71. The van der Waals surface area contributed by atoms with Crippen molar-refractivity contribution in [2.24, 2.45) is 0 Å². The van der Waals surface area contributed by atoms with Crippen molar-refractivity contribution in [1.29, 1.82) is 0 Å². The van der Waals surface area contributed by atoms with E-state index in [2.05, 4.69) is 5.32 Å². The Morgan fingerprint density at radius 1 is 1.25 bits per heavy atom. The minimum absolute atomic E-state index is 0.0269. The predicted octanol–water partition coefficient (Wildman–Crippen LogP) is 3.81. The number of hydrogen-bond acceptors (Lipinski definition) is 3. The lowest BCUT2D eigenvalue weighted by atomic mass is 10.1. The molecule has 0 aliphatic rings. The first kappa shape index (κ1) is 14.0. The molecule has 0 saturated heterocycles. The highest BCUT2D eigenvalue weighted by Gasteiger charge is 2.20. The average molecular weight is 291 g/mol. The van der Waals surface area contributed by atoms with Crippen molar-refractivity contribution < 1.29 is 9.72 Å². The van der Waals surface area contributed by atoms with Gasteiger partial charge in [0.1, 0.15) is 5.56 Å². The zero-order valence-corrected chi connectivity index (χ0v) is 11.3. The minimum Gasteiger partial charge on any atom is -0.322 e. The lowest BCUT2D eigenvalue weighted by molar-refractivity contribution is -0.385. The Morgan fingerprint density at radius 2 is 2.00 bits per heavy atom. The maximum atomic E-state index is 12.1. The third-order valence-corrected chi connectivity index (χ3v) is 2.91. The van der Waals surface area contributed by atoms with Gasteiger partial charge in [0.2, 0.25) is 0 Å². The van der Waals surface area contributed by atoms with Crippen molar-refractivity contribution in [2.45, 2.75) is 6.92 Å². The molecule has 0 spiro atoms. The maximum absolute atomic E-state index is 12.1. The average Bonchev–Trinajstić information content (AvgIpc) is 2.38. The SMILES string of the molecule is Cc1cccc(NC(=O)c2ccc(Cl)cc2[N+](=O)[O-])c1. The second-order valence-corrected chi connectivity index (χ2v) is 4.68. The van der Waals surface area contributed by atoms with E-state index >= 15 is 0 Å². The number of aryl methyl sites for hydroxylation is 1. The topological polar surface area (TPSA) is 72.2 Å². The number of carbonyl (C=O) groups is 1. The van der Waals surface area contributed by atoms with Crippen LogP contribution in [0.15, 0.2) is 42.5 Å². The van der Waals surface area contributed by atoms with Gasteiger partial charge in [-0.2, -0.15) is 0 Å². The van der Waals surface area contributed by atoms with E-state index in [4.69, 9.17) is 11.6 Å². The van der Waals surface area contributed by atoms with Gasteiger partial charge in [-0.25, -0.2) is 0 Å². The Labute approximate surface area is 120 Å². The quantitative estimate of drug-likeness (QED) is 0.690. The summed E-state index contributed by atoms with van der Waals surface area (Å²) in [7, 11) is 0. The molecule has 0 fully saturated rings. The Morgan fingerprint density at radius 3 is 2.65 bits per heavy atom. The highest BCUT2D eigenvalue weighted by molar-refractivity contribution is 6.31. The number of halogens is 1. The summed E-state index contributed by atoms with van der Waals surface area (Å²) in [5.41, 5.74) is 1.22. The molecule has 0 bridgehead atoms.